The van der Waals surface area contributed by atoms with Gasteiger partial charge in [-0.05, 0) is 41.1 Å². The van der Waals surface area contributed by atoms with Crippen molar-refractivity contribution in [1.29, 1.82) is 0 Å². The summed E-state index contributed by atoms with van der Waals surface area (Å²) >= 11 is 9.39. The van der Waals surface area contributed by atoms with Gasteiger partial charge in [-0.25, -0.2) is 0 Å². The number of benzene rings is 1. The first-order chi connectivity index (χ1) is 5.70. The Morgan fingerprint density at radius 3 is 2.83 bits per heavy atom. The summed E-state index contributed by atoms with van der Waals surface area (Å²) in [7, 11) is 0. The van der Waals surface area contributed by atoms with Crippen LogP contribution in [0.4, 0.5) is 0 Å². The minimum atomic E-state index is 0.758. The Morgan fingerprint density at radius 2 is 2.08 bits per heavy atom. The number of nitrogens with zero attached hydrogens (tertiary/aromatic N) is 2. The highest BCUT2D eigenvalue weighted by Crippen LogP contribution is 2.28. The molecule has 0 N–H and O–H groups in total. The zero-order valence-corrected chi connectivity index (χ0v) is 9.87. The van der Waals surface area contributed by atoms with E-state index in [9.17, 15) is 0 Å². The van der Waals surface area contributed by atoms with E-state index in [1.807, 2.05) is 13.0 Å². The highest BCUT2D eigenvalue weighted by Gasteiger charge is 2.09. The van der Waals surface area contributed by atoms with Gasteiger partial charge in [0.05, 0.1) is 20.3 Å². The van der Waals surface area contributed by atoms with Crippen LogP contribution < -0.4 is 0 Å². The molecule has 0 aliphatic heterocycles. The third-order valence-electron chi connectivity index (χ3n) is 1.62. The van der Waals surface area contributed by atoms with Gasteiger partial charge >= 0.3 is 0 Å². The molecule has 0 bridgehead atoms. The summed E-state index contributed by atoms with van der Waals surface area (Å²) < 4.78 is 9.36. The van der Waals surface area contributed by atoms with Crippen molar-refractivity contribution in [3.05, 3.63) is 20.2 Å². The highest BCUT2D eigenvalue weighted by atomic mass is 127. The largest absolute Gasteiger partial charge is 0.173 e. The van der Waals surface area contributed by atoms with Crippen LogP contribution in [0.25, 0.3) is 11.0 Å². The predicted octanol–water partition coefficient (Wildman–Crippen LogP) is 3.26. The van der Waals surface area contributed by atoms with Crippen LogP contribution in [0.2, 0.25) is 5.02 Å². The zero-order valence-electron chi connectivity index (χ0n) is 6.14. The Kier molecular flexibility index (Phi) is 2.22. The van der Waals surface area contributed by atoms with Gasteiger partial charge in [-0.2, -0.15) is 8.75 Å². The molecule has 0 saturated heterocycles. The molecule has 0 saturated carbocycles. The van der Waals surface area contributed by atoms with Gasteiger partial charge in [-0.1, -0.05) is 11.6 Å². The van der Waals surface area contributed by atoms with Gasteiger partial charge in [-0.15, -0.1) is 0 Å². The number of hydrogen-bond donors (Lipinski definition) is 0. The van der Waals surface area contributed by atoms with Gasteiger partial charge < -0.3 is 0 Å². The van der Waals surface area contributed by atoms with E-state index in [1.54, 1.807) is 0 Å². The lowest BCUT2D eigenvalue weighted by Gasteiger charge is -1.98. The second-order valence-electron chi connectivity index (χ2n) is 2.45. The zero-order chi connectivity index (χ0) is 8.72. The maximum atomic E-state index is 5.98. The lowest BCUT2D eigenvalue weighted by molar-refractivity contribution is 1.47. The molecule has 0 spiro atoms. The van der Waals surface area contributed by atoms with E-state index in [0.29, 0.717) is 0 Å². The molecule has 2 rings (SSSR count). The maximum absolute atomic E-state index is 5.98. The number of rotatable bonds is 0. The Hall–Kier alpha value is 0.0600. The second kappa shape index (κ2) is 3.08. The van der Waals surface area contributed by atoms with Crippen LogP contribution in [0.5, 0.6) is 0 Å². The molecular formula is C7H4ClIN2S. The van der Waals surface area contributed by atoms with Crippen LogP contribution in [0, 0.1) is 10.5 Å². The van der Waals surface area contributed by atoms with Crippen molar-refractivity contribution in [2.75, 3.05) is 0 Å². The molecule has 0 fully saturated rings. The molecule has 12 heavy (non-hydrogen) atoms. The van der Waals surface area contributed by atoms with Gasteiger partial charge in [0.15, 0.2) is 0 Å². The van der Waals surface area contributed by atoms with Crippen LogP contribution in [-0.2, 0) is 0 Å². The van der Waals surface area contributed by atoms with E-state index in [-0.39, 0.29) is 0 Å². The van der Waals surface area contributed by atoms with Gasteiger partial charge in [-0.3, -0.25) is 0 Å². The Labute approximate surface area is 92.4 Å². The number of fused-ring (bicyclic) bond motifs is 1. The predicted molar refractivity (Wildman–Crippen MR) is 59.9 cm³/mol. The van der Waals surface area contributed by atoms with Crippen LogP contribution in [0.3, 0.4) is 0 Å². The summed E-state index contributed by atoms with van der Waals surface area (Å²) in [5.74, 6) is 0. The topological polar surface area (TPSA) is 25.8 Å². The van der Waals surface area contributed by atoms with E-state index in [2.05, 4.69) is 31.3 Å². The third kappa shape index (κ3) is 1.22. The molecule has 1 aromatic carbocycles. The fourth-order valence-corrected chi connectivity index (χ4v) is 2.59. The summed E-state index contributed by atoms with van der Waals surface area (Å²) in [5, 5.41) is 0.758. The Balaban J connectivity index is 2.97. The molecule has 2 aromatic rings. The lowest BCUT2D eigenvalue weighted by atomic mass is 10.2. The molecule has 62 valence electrons. The van der Waals surface area contributed by atoms with E-state index >= 15 is 0 Å². The fourth-order valence-electron chi connectivity index (χ4n) is 1.03. The smallest absolute Gasteiger partial charge is 0.119 e. The van der Waals surface area contributed by atoms with Crippen LogP contribution >= 0.6 is 45.9 Å². The normalized spacial score (nSPS) is 10.9. The summed E-state index contributed by atoms with van der Waals surface area (Å²) in [6, 6.07) is 1.92. The van der Waals surface area contributed by atoms with Crippen molar-refractivity contribution in [2.45, 2.75) is 6.92 Å². The van der Waals surface area contributed by atoms with Crippen molar-refractivity contribution in [3.63, 3.8) is 0 Å². The first-order valence-corrected chi connectivity index (χ1v) is 5.45. The van der Waals surface area contributed by atoms with E-state index < -0.39 is 0 Å². The lowest BCUT2D eigenvalue weighted by Crippen LogP contribution is -1.82. The van der Waals surface area contributed by atoms with Crippen molar-refractivity contribution < 1.29 is 0 Å². The van der Waals surface area contributed by atoms with Crippen LogP contribution in [-0.4, -0.2) is 8.75 Å². The molecule has 0 aliphatic carbocycles. The molecule has 2 nitrogen and oxygen atoms in total. The van der Waals surface area contributed by atoms with Gasteiger partial charge in [0.1, 0.15) is 11.0 Å². The van der Waals surface area contributed by atoms with Gasteiger partial charge in [0.2, 0.25) is 0 Å². The fraction of sp³-hybridized carbons (Fsp3) is 0.143. The molecule has 0 unspecified atom stereocenters. The molecular weight excluding hydrogens is 307 g/mol. The van der Waals surface area contributed by atoms with Gasteiger partial charge in [0, 0.05) is 0 Å². The number of aromatic nitrogens is 2. The highest BCUT2D eigenvalue weighted by molar-refractivity contribution is 14.1. The van der Waals surface area contributed by atoms with Crippen molar-refractivity contribution in [3.8, 4) is 0 Å². The first-order valence-electron chi connectivity index (χ1n) is 3.27. The van der Waals surface area contributed by atoms with Crippen molar-refractivity contribution >= 4 is 57.0 Å². The SMILES string of the molecule is Cc1cc(Cl)c(I)c2nsnc12. The average Bonchev–Trinajstić information content (AvgIpc) is 2.48. The molecule has 0 radical (unpaired) electrons. The monoisotopic (exact) mass is 310 g/mol. The van der Waals surface area contributed by atoms with E-state index in [1.165, 1.54) is 11.7 Å². The summed E-state index contributed by atoms with van der Waals surface area (Å²) in [6.07, 6.45) is 0. The number of halogens is 2. The number of hydrogen-bond acceptors (Lipinski definition) is 3. The first kappa shape index (κ1) is 8.65. The average molecular weight is 311 g/mol. The maximum Gasteiger partial charge on any atom is 0.119 e. The Morgan fingerprint density at radius 1 is 1.42 bits per heavy atom. The minimum absolute atomic E-state index is 0.758. The second-order valence-corrected chi connectivity index (χ2v) is 4.47. The summed E-state index contributed by atoms with van der Waals surface area (Å²) in [4.78, 5) is 0. The van der Waals surface area contributed by atoms with Crippen LogP contribution in [0.1, 0.15) is 5.56 Å². The van der Waals surface area contributed by atoms with E-state index in [0.717, 1.165) is 25.2 Å². The van der Waals surface area contributed by atoms with Gasteiger partial charge in [0.25, 0.3) is 0 Å². The third-order valence-corrected chi connectivity index (χ3v) is 3.86. The van der Waals surface area contributed by atoms with E-state index in [4.69, 9.17) is 11.6 Å². The summed E-state index contributed by atoms with van der Waals surface area (Å²) in [5.41, 5.74) is 2.98. The summed E-state index contributed by atoms with van der Waals surface area (Å²) in [6.45, 7) is 1.99. The molecule has 5 heteroatoms. The molecule has 1 aromatic heterocycles. The van der Waals surface area contributed by atoms with Crippen molar-refractivity contribution in [1.82, 2.24) is 8.75 Å². The molecule has 0 aliphatic rings. The van der Waals surface area contributed by atoms with Crippen LogP contribution in [0.15, 0.2) is 6.07 Å². The number of aryl methyl sites for hydroxylation is 1. The standard InChI is InChI=1S/C7H4ClIN2S/c1-3-2-4(8)5(9)7-6(3)10-12-11-7/h2H,1H3. The van der Waals surface area contributed by atoms with Crippen molar-refractivity contribution in [2.24, 2.45) is 0 Å². The molecule has 1 heterocycles. The molecule has 0 atom stereocenters. The molecule has 0 amide bonds. The minimum Gasteiger partial charge on any atom is -0.173 e. The quantitative estimate of drug-likeness (QED) is 0.698. The Bertz CT molecular complexity index is 440.